The molecule has 5 nitrogen and oxygen atoms in total. The number of nitrogens with one attached hydrogen (secondary N) is 2. The number of nitrogens with zero attached hydrogens (tertiary/aromatic N) is 1. The largest absolute Gasteiger partial charge is 0.495 e. The molecule has 1 aromatic heterocycles. The maximum Gasteiger partial charge on any atom is 0.325 e. The number of ether oxygens (including phenoxy) is 1. The Morgan fingerprint density at radius 2 is 2.28 bits per heavy atom. The number of hydrogen-bond acceptors (Lipinski definition) is 4. The molecule has 0 saturated carbocycles. The first-order valence-electron chi connectivity index (χ1n) is 5.00. The average Bonchev–Trinajstić information content (AvgIpc) is 2.82. The molecule has 0 spiro atoms. The Bertz CT molecular complexity index is 545. The second-order valence-corrected chi connectivity index (χ2v) is 4.57. The summed E-state index contributed by atoms with van der Waals surface area (Å²) in [6.07, 6.45) is 1.62. The highest BCUT2D eigenvalue weighted by Crippen LogP contribution is 2.27. The molecular weight excluding hydrogens is 274 g/mol. The van der Waals surface area contributed by atoms with E-state index in [0.717, 1.165) is 0 Å². The Kier molecular flexibility index (Phi) is 4.01. The first kappa shape index (κ1) is 12.7. The fourth-order valence-electron chi connectivity index (χ4n) is 1.29. The van der Waals surface area contributed by atoms with Crippen molar-refractivity contribution in [2.24, 2.45) is 0 Å². The number of urea groups is 1. The minimum absolute atomic E-state index is 0.369. The predicted octanol–water partition coefficient (Wildman–Crippen LogP) is 3.45. The van der Waals surface area contributed by atoms with Gasteiger partial charge in [-0.15, -0.1) is 11.3 Å². The number of anilines is 2. The van der Waals surface area contributed by atoms with E-state index in [1.54, 1.807) is 29.8 Å². The number of methoxy groups -OCH3 is 1. The summed E-state index contributed by atoms with van der Waals surface area (Å²) < 4.78 is 5.02. The van der Waals surface area contributed by atoms with Gasteiger partial charge in [-0.1, -0.05) is 11.6 Å². The summed E-state index contributed by atoms with van der Waals surface area (Å²) >= 11 is 7.29. The van der Waals surface area contributed by atoms with Gasteiger partial charge in [-0.3, -0.25) is 5.32 Å². The summed E-state index contributed by atoms with van der Waals surface area (Å²) in [5.41, 5.74) is 0.579. The Labute approximate surface area is 113 Å². The molecule has 0 unspecified atom stereocenters. The summed E-state index contributed by atoms with van der Waals surface area (Å²) in [4.78, 5) is 15.6. The van der Waals surface area contributed by atoms with Crippen LogP contribution in [0.25, 0.3) is 0 Å². The summed E-state index contributed by atoms with van der Waals surface area (Å²) in [6.45, 7) is 0. The Hall–Kier alpha value is -1.79. The van der Waals surface area contributed by atoms with E-state index in [-0.39, 0.29) is 6.03 Å². The molecular formula is C11H10ClN3O2S. The number of amides is 2. The lowest BCUT2D eigenvalue weighted by Gasteiger charge is -2.07. The number of aromatic nitrogens is 1. The van der Waals surface area contributed by atoms with Gasteiger partial charge in [-0.2, -0.15) is 0 Å². The van der Waals surface area contributed by atoms with E-state index in [1.165, 1.54) is 18.4 Å². The average molecular weight is 284 g/mol. The lowest BCUT2D eigenvalue weighted by Crippen LogP contribution is -2.19. The van der Waals surface area contributed by atoms with Crippen molar-refractivity contribution >= 4 is 39.8 Å². The van der Waals surface area contributed by atoms with E-state index in [9.17, 15) is 4.79 Å². The van der Waals surface area contributed by atoms with Crippen LogP contribution in [0.5, 0.6) is 5.75 Å². The summed E-state index contributed by atoms with van der Waals surface area (Å²) in [5, 5.41) is 8.00. The molecule has 0 fully saturated rings. The van der Waals surface area contributed by atoms with E-state index in [2.05, 4.69) is 15.6 Å². The van der Waals surface area contributed by atoms with Crippen LogP contribution >= 0.6 is 22.9 Å². The summed E-state index contributed by atoms with van der Waals surface area (Å²) in [6, 6.07) is 4.63. The highest BCUT2D eigenvalue weighted by molar-refractivity contribution is 7.13. The Morgan fingerprint density at radius 3 is 2.89 bits per heavy atom. The van der Waals surface area contributed by atoms with Crippen molar-refractivity contribution in [1.82, 2.24) is 4.98 Å². The normalized spacial score (nSPS) is 9.89. The van der Waals surface area contributed by atoms with Gasteiger partial charge >= 0.3 is 6.03 Å². The zero-order valence-electron chi connectivity index (χ0n) is 9.44. The molecule has 0 aliphatic carbocycles. The van der Waals surface area contributed by atoms with Gasteiger partial charge in [-0.25, -0.2) is 9.78 Å². The van der Waals surface area contributed by atoms with E-state index >= 15 is 0 Å². The quantitative estimate of drug-likeness (QED) is 0.907. The van der Waals surface area contributed by atoms with Gasteiger partial charge in [-0.05, 0) is 18.2 Å². The van der Waals surface area contributed by atoms with Crippen molar-refractivity contribution in [1.29, 1.82) is 0 Å². The third-order valence-corrected chi connectivity index (χ3v) is 3.05. The van der Waals surface area contributed by atoms with Crippen molar-refractivity contribution < 1.29 is 9.53 Å². The van der Waals surface area contributed by atoms with E-state index in [0.29, 0.717) is 21.6 Å². The molecule has 94 valence electrons. The van der Waals surface area contributed by atoms with Gasteiger partial charge in [0.1, 0.15) is 5.75 Å². The maximum atomic E-state index is 11.6. The molecule has 1 heterocycles. The molecule has 7 heteroatoms. The van der Waals surface area contributed by atoms with Crippen LogP contribution in [0, 0.1) is 0 Å². The third-order valence-electron chi connectivity index (χ3n) is 2.06. The van der Waals surface area contributed by atoms with Gasteiger partial charge in [0.15, 0.2) is 5.13 Å². The fraction of sp³-hybridized carbons (Fsp3) is 0.0909. The Balaban J connectivity index is 2.01. The summed E-state index contributed by atoms with van der Waals surface area (Å²) in [7, 11) is 1.53. The first-order chi connectivity index (χ1) is 8.69. The van der Waals surface area contributed by atoms with Gasteiger partial charge in [0, 0.05) is 17.3 Å². The second-order valence-electron chi connectivity index (χ2n) is 3.27. The standard InChI is InChI=1S/C11H10ClN3O2S/c1-17-9-3-2-7(6-8(9)12)14-10(16)15-11-13-4-5-18-11/h2-6H,1H3,(H2,13,14,15,16). The van der Waals surface area contributed by atoms with Crippen LogP contribution < -0.4 is 15.4 Å². The van der Waals surface area contributed by atoms with Crippen LogP contribution in [0.4, 0.5) is 15.6 Å². The number of carbonyl (C=O) groups is 1. The number of hydrogen-bond donors (Lipinski definition) is 2. The van der Waals surface area contributed by atoms with Crippen LogP contribution in [-0.2, 0) is 0 Å². The molecule has 1 aromatic carbocycles. The van der Waals surface area contributed by atoms with Gasteiger partial charge in [0.2, 0.25) is 0 Å². The zero-order chi connectivity index (χ0) is 13.0. The van der Waals surface area contributed by atoms with E-state index < -0.39 is 0 Å². The van der Waals surface area contributed by atoms with Crippen LogP contribution in [0.15, 0.2) is 29.8 Å². The van der Waals surface area contributed by atoms with Gasteiger partial charge < -0.3 is 10.1 Å². The molecule has 0 radical (unpaired) electrons. The molecule has 2 N–H and O–H groups in total. The molecule has 0 atom stereocenters. The fourth-order valence-corrected chi connectivity index (χ4v) is 2.07. The van der Waals surface area contributed by atoms with Crippen molar-refractivity contribution in [3.05, 3.63) is 34.8 Å². The van der Waals surface area contributed by atoms with Gasteiger partial charge in [0.05, 0.1) is 12.1 Å². The minimum Gasteiger partial charge on any atom is -0.495 e. The zero-order valence-corrected chi connectivity index (χ0v) is 11.0. The molecule has 2 rings (SSSR count). The van der Waals surface area contributed by atoms with E-state index in [4.69, 9.17) is 16.3 Å². The number of halogens is 1. The topological polar surface area (TPSA) is 63.2 Å². The van der Waals surface area contributed by atoms with Crippen molar-refractivity contribution in [2.45, 2.75) is 0 Å². The minimum atomic E-state index is -0.369. The smallest absolute Gasteiger partial charge is 0.325 e. The number of carbonyl (C=O) groups excluding carboxylic acids is 1. The van der Waals surface area contributed by atoms with Crippen LogP contribution in [0.3, 0.4) is 0 Å². The molecule has 0 aliphatic rings. The molecule has 0 aliphatic heterocycles. The third kappa shape index (κ3) is 3.12. The molecule has 18 heavy (non-hydrogen) atoms. The lowest BCUT2D eigenvalue weighted by molar-refractivity contribution is 0.262. The number of benzene rings is 1. The van der Waals surface area contributed by atoms with Gasteiger partial charge in [0.25, 0.3) is 0 Å². The molecule has 0 saturated heterocycles. The first-order valence-corrected chi connectivity index (χ1v) is 6.26. The van der Waals surface area contributed by atoms with Crippen LogP contribution in [0.2, 0.25) is 5.02 Å². The number of thiazole rings is 1. The van der Waals surface area contributed by atoms with Crippen molar-refractivity contribution in [3.8, 4) is 5.75 Å². The predicted molar refractivity (Wildman–Crippen MR) is 72.8 cm³/mol. The number of rotatable bonds is 3. The van der Waals surface area contributed by atoms with Crippen molar-refractivity contribution in [2.75, 3.05) is 17.7 Å². The maximum absolute atomic E-state index is 11.6. The molecule has 0 bridgehead atoms. The van der Waals surface area contributed by atoms with Crippen LogP contribution in [-0.4, -0.2) is 18.1 Å². The Morgan fingerprint density at radius 1 is 1.44 bits per heavy atom. The second kappa shape index (κ2) is 5.70. The van der Waals surface area contributed by atoms with Crippen molar-refractivity contribution in [3.63, 3.8) is 0 Å². The highest BCUT2D eigenvalue weighted by atomic mass is 35.5. The molecule has 2 amide bonds. The SMILES string of the molecule is COc1ccc(NC(=O)Nc2nccs2)cc1Cl. The molecule has 2 aromatic rings. The van der Waals surface area contributed by atoms with Crippen LogP contribution in [0.1, 0.15) is 0 Å². The lowest BCUT2D eigenvalue weighted by atomic mass is 10.3. The highest BCUT2D eigenvalue weighted by Gasteiger charge is 2.06. The monoisotopic (exact) mass is 283 g/mol. The summed E-state index contributed by atoms with van der Waals surface area (Å²) in [5.74, 6) is 0.558. The van der Waals surface area contributed by atoms with E-state index in [1.807, 2.05) is 0 Å².